The Balaban J connectivity index is 2.10. The SMILES string of the molecule is COC(C)CCC(O)c1cc2cc(F)ccc2o1. The quantitative estimate of drug-likeness (QED) is 0.886. The maximum Gasteiger partial charge on any atom is 0.134 e. The predicted octanol–water partition coefficient (Wildman–Crippen LogP) is 3.42. The molecule has 0 radical (unpaired) electrons. The molecule has 18 heavy (non-hydrogen) atoms. The van der Waals surface area contributed by atoms with Gasteiger partial charge in [0.2, 0.25) is 0 Å². The van der Waals surface area contributed by atoms with Crippen LogP contribution in [0.1, 0.15) is 31.6 Å². The van der Waals surface area contributed by atoms with Crippen molar-refractivity contribution in [2.75, 3.05) is 7.11 Å². The number of rotatable bonds is 5. The Morgan fingerprint density at radius 2 is 2.11 bits per heavy atom. The summed E-state index contributed by atoms with van der Waals surface area (Å²) >= 11 is 0. The zero-order chi connectivity index (χ0) is 13.1. The molecule has 3 nitrogen and oxygen atoms in total. The van der Waals surface area contributed by atoms with E-state index in [9.17, 15) is 9.50 Å². The van der Waals surface area contributed by atoms with Crippen molar-refractivity contribution in [3.05, 3.63) is 35.8 Å². The van der Waals surface area contributed by atoms with Gasteiger partial charge in [-0.15, -0.1) is 0 Å². The molecule has 0 aliphatic heterocycles. The molecule has 1 heterocycles. The Kier molecular flexibility index (Phi) is 3.99. The number of ether oxygens (including phenoxy) is 1. The fraction of sp³-hybridized carbons (Fsp3) is 0.429. The molecule has 1 aromatic carbocycles. The molecule has 0 aliphatic carbocycles. The number of hydrogen-bond donors (Lipinski definition) is 1. The van der Waals surface area contributed by atoms with Crippen molar-refractivity contribution < 1.29 is 18.7 Å². The highest BCUT2D eigenvalue weighted by atomic mass is 19.1. The Morgan fingerprint density at radius 1 is 1.33 bits per heavy atom. The van der Waals surface area contributed by atoms with Crippen molar-refractivity contribution in [2.24, 2.45) is 0 Å². The van der Waals surface area contributed by atoms with Crippen molar-refractivity contribution in [1.29, 1.82) is 0 Å². The van der Waals surface area contributed by atoms with Gasteiger partial charge in [-0.2, -0.15) is 0 Å². The molecule has 2 unspecified atom stereocenters. The molecule has 1 aromatic heterocycles. The molecule has 0 bridgehead atoms. The monoisotopic (exact) mass is 252 g/mol. The summed E-state index contributed by atoms with van der Waals surface area (Å²) in [5.41, 5.74) is 0.588. The molecule has 0 aliphatic rings. The van der Waals surface area contributed by atoms with E-state index in [4.69, 9.17) is 9.15 Å². The third kappa shape index (κ3) is 2.89. The van der Waals surface area contributed by atoms with Gasteiger partial charge in [0.1, 0.15) is 23.3 Å². The Labute approximate surface area is 105 Å². The number of benzene rings is 1. The summed E-state index contributed by atoms with van der Waals surface area (Å²) in [5.74, 6) is 0.163. The van der Waals surface area contributed by atoms with Gasteiger partial charge in [-0.1, -0.05) is 0 Å². The molecule has 0 saturated carbocycles. The van der Waals surface area contributed by atoms with E-state index >= 15 is 0 Å². The first-order chi connectivity index (χ1) is 8.60. The second-order valence-corrected chi connectivity index (χ2v) is 4.47. The molecule has 2 atom stereocenters. The van der Waals surface area contributed by atoms with Gasteiger partial charge >= 0.3 is 0 Å². The summed E-state index contributed by atoms with van der Waals surface area (Å²) < 4.78 is 23.6. The first kappa shape index (κ1) is 13.1. The minimum absolute atomic E-state index is 0.0986. The van der Waals surface area contributed by atoms with Crippen molar-refractivity contribution in [1.82, 2.24) is 0 Å². The van der Waals surface area contributed by atoms with Crippen LogP contribution in [0.5, 0.6) is 0 Å². The Morgan fingerprint density at radius 3 is 2.83 bits per heavy atom. The number of fused-ring (bicyclic) bond motifs is 1. The first-order valence-electron chi connectivity index (χ1n) is 6.00. The van der Waals surface area contributed by atoms with Crippen LogP contribution in [0.25, 0.3) is 11.0 Å². The largest absolute Gasteiger partial charge is 0.458 e. The molecule has 2 rings (SSSR count). The topological polar surface area (TPSA) is 42.6 Å². The standard InChI is InChI=1S/C14H17FO3/c1-9(17-2)3-5-12(16)14-8-10-7-11(15)4-6-13(10)18-14/h4,6-9,12,16H,3,5H2,1-2H3. The number of methoxy groups -OCH3 is 1. The zero-order valence-corrected chi connectivity index (χ0v) is 10.5. The van der Waals surface area contributed by atoms with Crippen LogP contribution in [0.3, 0.4) is 0 Å². The molecule has 0 saturated heterocycles. The third-order valence-electron chi connectivity index (χ3n) is 3.07. The molecule has 0 amide bonds. The molecule has 0 fully saturated rings. The fourth-order valence-electron chi connectivity index (χ4n) is 1.85. The van der Waals surface area contributed by atoms with Crippen LogP contribution in [0.15, 0.2) is 28.7 Å². The van der Waals surface area contributed by atoms with E-state index in [1.807, 2.05) is 6.92 Å². The maximum absolute atomic E-state index is 13.0. The maximum atomic E-state index is 13.0. The van der Waals surface area contributed by atoms with Gasteiger partial charge in [-0.05, 0) is 44.0 Å². The zero-order valence-electron chi connectivity index (χ0n) is 10.5. The third-order valence-corrected chi connectivity index (χ3v) is 3.07. The number of aliphatic hydroxyl groups excluding tert-OH is 1. The van der Waals surface area contributed by atoms with Gasteiger partial charge in [0.05, 0.1) is 6.10 Å². The number of aliphatic hydroxyl groups is 1. The highest BCUT2D eigenvalue weighted by Crippen LogP contribution is 2.27. The summed E-state index contributed by atoms with van der Waals surface area (Å²) in [6, 6.07) is 5.99. The lowest BCUT2D eigenvalue weighted by atomic mass is 10.1. The molecular formula is C14H17FO3. The first-order valence-corrected chi connectivity index (χ1v) is 6.00. The van der Waals surface area contributed by atoms with Crippen molar-refractivity contribution in [3.8, 4) is 0 Å². The molecular weight excluding hydrogens is 235 g/mol. The summed E-state index contributed by atoms with van der Waals surface area (Å²) in [5, 5.41) is 10.7. The van der Waals surface area contributed by atoms with Crippen molar-refractivity contribution in [2.45, 2.75) is 32.0 Å². The average molecular weight is 252 g/mol. The van der Waals surface area contributed by atoms with E-state index in [1.54, 1.807) is 19.2 Å². The molecule has 1 N–H and O–H groups in total. The van der Waals surface area contributed by atoms with E-state index in [-0.39, 0.29) is 11.9 Å². The van der Waals surface area contributed by atoms with E-state index in [0.717, 1.165) is 6.42 Å². The second-order valence-electron chi connectivity index (χ2n) is 4.47. The lowest BCUT2D eigenvalue weighted by Crippen LogP contribution is -2.07. The predicted molar refractivity (Wildman–Crippen MR) is 66.8 cm³/mol. The number of hydrogen-bond acceptors (Lipinski definition) is 3. The summed E-state index contributed by atoms with van der Waals surface area (Å²) in [6.07, 6.45) is 0.708. The van der Waals surface area contributed by atoms with Crippen LogP contribution in [0.2, 0.25) is 0 Å². The molecule has 4 heteroatoms. The van der Waals surface area contributed by atoms with Crippen LogP contribution >= 0.6 is 0 Å². The number of furan rings is 1. The fourth-order valence-corrected chi connectivity index (χ4v) is 1.85. The van der Waals surface area contributed by atoms with Crippen LogP contribution in [-0.4, -0.2) is 18.3 Å². The summed E-state index contributed by atoms with van der Waals surface area (Å²) in [6.45, 7) is 1.95. The van der Waals surface area contributed by atoms with Gasteiger partial charge < -0.3 is 14.3 Å². The normalized spacial score (nSPS) is 14.9. The highest BCUT2D eigenvalue weighted by molar-refractivity contribution is 5.77. The van der Waals surface area contributed by atoms with Gasteiger partial charge in [0, 0.05) is 12.5 Å². The smallest absolute Gasteiger partial charge is 0.134 e. The summed E-state index contributed by atoms with van der Waals surface area (Å²) in [7, 11) is 1.64. The van der Waals surface area contributed by atoms with E-state index in [2.05, 4.69) is 0 Å². The van der Waals surface area contributed by atoms with Crippen molar-refractivity contribution in [3.63, 3.8) is 0 Å². The van der Waals surface area contributed by atoms with Crippen molar-refractivity contribution >= 4 is 11.0 Å². The molecule has 0 spiro atoms. The van der Waals surface area contributed by atoms with Gasteiger partial charge in [0.25, 0.3) is 0 Å². The van der Waals surface area contributed by atoms with Gasteiger partial charge in [-0.25, -0.2) is 4.39 Å². The average Bonchev–Trinajstić information content (AvgIpc) is 2.78. The van der Waals surface area contributed by atoms with E-state index in [1.165, 1.54) is 12.1 Å². The minimum Gasteiger partial charge on any atom is -0.458 e. The number of halogens is 1. The Hall–Kier alpha value is -1.39. The van der Waals surface area contributed by atoms with Gasteiger partial charge in [0.15, 0.2) is 0 Å². The molecule has 98 valence electrons. The summed E-state index contributed by atoms with van der Waals surface area (Å²) in [4.78, 5) is 0. The van der Waals surface area contributed by atoms with Gasteiger partial charge in [-0.3, -0.25) is 0 Å². The minimum atomic E-state index is -0.682. The van der Waals surface area contributed by atoms with Crippen LogP contribution < -0.4 is 0 Å². The Bertz CT molecular complexity index is 521. The van der Waals surface area contributed by atoms with E-state index < -0.39 is 6.10 Å². The van der Waals surface area contributed by atoms with E-state index in [0.29, 0.717) is 23.2 Å². The van der Waals surface area contributed by atoms with Crippen LogP contribution in [0.4, 0.5) is 4.39 Å². The van der Waals surface area contributed by atoms with Crippen LogP contribution in [0, 0.1) is 5.82 Å². The lowest BCUT2D eigenvalue weighted by Gasteiger charge is -2.11. The lowest BCUT2D eigenvalue weighted by molar-refractivity contribution is 0.0786. The highest BCUT2D eigenvalue weighted by Gasteiger charge is 2.15. The second kappa shape index (κ2) is 5.50. The molecule has 2 aromatic rings. The van der Waals surface area contributed by atoms with Crippen LogP contribution in [-0.2, 0) is 4.74 Å².